The Morgan fingerprint density at radius 2 is 0.603 bits per heavy atom. The van der Waals surface area contributed by atoms with Crippen molar-refractivity contribution in [2.45, 2.75) is 0 Å². The zero-order valence-electron chi connectivity index (χ0n) is 29.3. The molecule has 0 saturated heterocycles. The zero-order valence-corrected chi connectivity index (χ0v) is 29.3. The predicted molar refractivity (Wildman–Crippen MR) is 214 cm³/mol. The molecule has 0 amide bonds. The molecule has 0 heterocycles. The Morgan fingerprint density at radius 1 is 0.241 bits per heavy atom. The zero-order chi connectivity index (χ0) is 41.2. The van der Waals surface area contributed by atoms with Gasteiger partial charge in [0.25, 0.3) is 0 Å². The van der Waals surface area contributed by atoms with Crippen LogP contribution in [0.25, 0.3) is 87.2 Å². The third kappa shape index (κ3) is 4.41. The van der Waals surface area contributed by atoms with Crippen molar-refractivity contribution in [3.8, 4) is 114 Å². The highest BCUT2D eigenvalue weighted by Gasteiger charge is 2.34. The van der Waals surface area contributed by atoms with Crippen LogP contribution in [0.2, 0.25) is 0 Å². The third-order valence-corrected chi connectivity index (χ3v) is 10.8. The summed E-state index contributed by atoms with van der Waals surface area (Å²) in [6.45, 7) is 0. The van der Waals surface area contributed by atoms with Gasteiger partial charge in [-0.3, -0.25) is 0 Å². The second kappa shape index (κ2) is 12.0. The molecule has 9 aromatic rings. The monoisotopic (exact) mass is 780 g/mol. The van der Waals surface area contributed by atoms with E-state index in [1.54, 1.807) is 30.3 Å². The number of rotatable bonds is 3. The van der Waals surface area contributed by atoms with Crippen molar-refractivity contribution in [2.75, 3.05) is 0 Å². The molecule has 14 N–H and O–H groups in total. The summed E-state index contributed by atoms with van der Waals surface area (Å²) >= 11 is 0. The van der Waals surface area contributed by atoms with Gasteiger partial charge in [-0.05, 0) is 49.5 Å². The summed E-state index contributed by atoms with van der Waals surface area (Å²) < 4.78 is 0. The molecule has 0 fully saturated rings. The molecule has 14 heteroatoms. The largest absolute Gasteiger partial charge is 0.506 e. The van der Waals surface area contributed by atoms with Gasteiger partial charge in [-0.2, -0.15) is 0 Å². The van der Waals surface area contributed by atoms with E-state index >= 15 is 0 Å². The van der Waals surface area contributed by atoms with Crippen LogP contribution in [0.5, 0.6) is 80.5 Å². The Hall–Kier alpha value is -8.52. The first-order valence-corrected chi connectivity index (χ1v) is 17.3. The van der Waals surface area contributed by atoms with E-state index in [-0.39, 0.29) is 32.7 Å². The summed E-state index contributed by atoms with van der Waals surface area (Å²) in [4.78, 5) is 0. The number of phenols is 14. The van der Waals surface area contributed by atoms with Crippen molar-refractivity contribution in [3.05, 3.63) is 84.9 Å². The summed E-state index contributed by atoms with van der Waals surface area (Å²) in [7, 11) is 0. The van der Waals surface area contributed by atoms with Gasteiger partial charge in [-0.25, -0.2) is 0 Å². The van der Waals surface area contributed by atoms with Crippen LogP contribution >= 0.6 is 0 Å². The van der Waals surface area contributed by atoms with Gasteiger partial charge < -0.3 is 71.5 Å². The molecule has 288 valence electrons. The van der Waals surface area contributed by atoms with Crippen LogP contribution in [0.4, 0.5) is 0 Å². The van der Waals surface area contributed by atoms with Crippen molar-refractivity contribution in [1.29, 1.82) is 0 Å². The Labute approximate surface area is 323 Å². The van der Waals surface area contributed by atoms with Crippen LogP contribution in [0.15, 0.2) is 84.9 Å². The summed E-state index contributed by atoms with van der Waals surface area (Å²) in [5.74, 6) is -15.8. The van der Waals surface area contributed by atoms with Gasteiger partial charge in [0.1, 0.15) is 11.5 Å². The molecule has 0 aromatic heterocycles. The summed E-state index contributed by atoms with van der Waals surface area (Å²) in [6.07, 6.45) is 0. The fourth-order valence-electron chi connectivity index (χ4n) is 8.10. The van der Waals surface area contributed by atoms with Crippen LogP contribution in [0, 0.1) is 0 Å². The molecule has 0 aliphatic carbocycles. The Morgan fingerprint density at radius 3 is 1.09 bits per heavy atom. The van der Waals surface area contributed by atoms with E-state index < -0.39 is 113 Å². The highest BCUT2D eigenvalue weighted by atomic mass is 16.4. The molecule has 14 nitrogen and oxygen atoms in total. The molecule has 0 unspecified atom stereocenters. The van der Waals surface area contributed by atoms with E-state index in [1.165, 1.54) is 12.1 Å². The number of hydrogen-bond donors (Lipinski definition) is 14. The summed E-state index contributed by atoms with van der Waals surface area (Å²) in [5, 5.41) is 154. The second-order valence-corrected chi connectivity index (χ2v) is 13.7. The first kappa shape index (κ1) is 35.2. The second-order valence-electron chi connectivity index (χ2n) is 13.7. The molecule has 9 rings (SSSR count). The minimum atomic E-state index is -1.24. The molecule has 0 bridgehead atoms. The predicted octanol–water partition coefficient (Wildman–Crippen LogP) is 8.33. The summed E-state index contributed by atoms with van der Waals surface area (Å²) in [6, 6.07) is 24.1. The van der Waals surface area contributed by atoms with Crippen molar-refractivity contribution >= 4 is 53.9 Å². The van der Waals surface area contributed by atoms with Gasteiger partial charge in [0.2, 0.25) is 23.0 Å². The van der Waals surface area contributed by atoms with Crippen LogP contribution in [0.3, 0.4) is 0 Å². The molecule has 0 atom stereocenters. The molecule has 0 aliphatic rings. The lowest BCUT2D eigenvalue weighted by atomic mass is 9.82. The maximum atomic E-state index is 12.0. The molecule has 0 radical (unpaired) electrons. The molecule has 58 heavy (non-hydrogen) atoms. The molecular weight excluding hydrogens is 752 g/mol. The average molecular weight is 781 g/mol. The minimum absolute atomic E-state index is 0.0375. The standard InChI is InChI=1S/C44H28O14/c45-31-25(33(47)35(49)29-27(31)37(51)41(55)43(57)39(29)53)23-19-9-3-4-10-20(19)24(26-32(46)28-30(36(50)34(26)48)40(54)44(58)42(56)38(28)52)22-14-16(12-13-21(22)23)18-11-5-7-15-6-1-2-8-17(15)18/h1-14,45-58H. The third-order valence-electron chi connectivity index (χ3n) is 10.8. The topological polar surface area (TPSA) is 283 Å². The van der Waals surface area contributed by atoms with E-state index in [1.807, 2.05) is 42.5 Å². The SMILES string of the molecule is Oc1c(O)c(O)c2c(O)c(-c3c4ccccc4c(-c4c(O)c(O)c5c(O)c(O)c(O)c(O)c5c4O)c4cc(-c5cccc6ccccc56)ccc34)c(O)c(O)c2c1O. The number of fused-ring (bicyclic) bond motifs is 5. The van der Waals surface area contributed by atoms with Gasteiger partial charge in [-0.1, -0.05) is 78.9 Å². The Balaban J connectivity index is 1.53. The first-order chi connectivity index (χ1) is 27.7. The lowest BCUT2D eigenvalue weighted by molar-refractivity contribution is 0.347. The highest BCUT2D eigenvalue weighted by molar-refractivity contribution is 6.27. The van der Waals surface area contributed by atoms with Crippen LogP contribution < -0.4 is 0 Å². The van der Waals surface area contributed by atoms with Crippen molar-refractivity contribution < 1.29 is 71.5 Å². The number of phenolic OH excluding ortho intramolecular Hbond substituents is 14. The van der Waals surface area contributed by atoms with Crippen LogP contribution in [-0.4, -0.2) is 71.5 Å². The van der Waals surface area contributed by atoms with E-state index in [9.17, 15) is 71.5 Å². The number of aromatic hydroxyl groups is 14. The van der Waals surface area contributed by atoms with Gasteiger partial charge >= 0.3 is 0 Å². The maximum Gasteiger partial charge on any atom is 0.205 e. The lowest BCUT2D eigenvalue weighted by Gasteiger charge is -2.23. The Bertz CT molecular complexity index is 3330. The van der Waals surface area contributed by atoms with Gasteiger partial charge in [-0.15, -0.1) is 0 Å². The van der Waals surface area contributed by atoms with Crippen LogP contribution in [0.1, 0.15) is 0 Å². The Kier molecular flexibility index (Phi) is 7.28. The lowest BCUT2D eigenvalue weighted by Crippen LogP contribution is -1.95. The number of hydrogen-bond acceptors (Lipinski definition) is 14. The van der Waals surface area contributed by atoms with Gasteiger partial charge in [0.15, 0.2) is 46.0 Å². The molecule has 0 aliphatic heterocycles. The average Bonchev–Trinajstić information content (AvgIpc) is 3.23. The smallest absolute Gasteiger partial charge is 0.205 e. The normalized spacial score (nSPS) is 11.7. The van der Waals surface area contributed by atoms with Crippen molar-refractivity contribution in [3.63, 3.8) is 0 Å². The number of benzene rings is 9. The van der Waals surface area contributed by atoms with Crippen molar-refractivity contribution in [1.82, 2.24) is 0 Å². The molecular formula is C44H28O14. The van der Waals surface area contributed by atoms with Gasteiger partial charge in [0, 0.05) is 11.1 Å². The van der Waals surface area contributed by atoms with Crippen molar-refractivity contribution in [2.24, 2.45) is 0 Å². The van der Waals surface area contributed by atoms with E-state index in [0.717, 1.165) is 10.8 Å². The first-order valence-electron chi connectivity index (χ1n) is 17.3. The molecule has 0 saturated carbocycles. The minimum Gasteiger partial charge on any atom is -0.506 e. The fourth-order valence-corrected chi connectivity index (χ4v) is 8.10. The van der Waals surface area contributed by atoms with Gasteiger partial charge in [0.05, 0.1) is 32.7 Å². The van der Waals surface area contributed by atoms with E-state index in [0.29, 0.717) is 11.1 Å². The molecule has 0 spiro atoms. The highest BCUT2D eigenvalue weighted by Crippen LogP contribution is 2.64. The maximum absolute atomic E-state index is 12.0. The van der Waals surface area contributed by atoms with E-state index in [4.69, 9.17) is 0 Å². The summed E-state index contributed by atoms with van der Waals surface area (Å²) in [5.41, 5.74) is 0.116. The fraction of sp³-hybridized carbons (Fsp3) is 0. The van der Waals surface area contributed by atoms with E-state index in [2.05, 4.69) is 0 Å². The van der Waals surface area contributed by atoms with Crippen LogP contribution in [-0.2, 0) is 0 Å². The quantitative estimate of drug-likeness (QED) is 0.0456. The molecule has 9 aromatic carbocycles.